The highest BCUT2D eigenvalue weighted by Crippen LogP contribution is 2.26. The van der Waals surface area contributed by atoms with E-state index in [1.165, 1.54) is 6.07 Å². The minimum absolute atomic E-state index is 0.0509. The molecular formula is C11H15FO. The first kappa shape index (κ1) is 10.0. The Labute approximate surface area is 78.2 Å². The summed E-state index contributed by atoms with van der Waals surface area (Å²) in [6, 6.07) is 4.16. The zero-order chi connectivity index (χ0) is 10.1. The van der Waals surface area contributed by atoms with Crippen LogP contribution in [0.1, 0.15) is 26.3 Å². The van der Waals surface area contributed by atoms with E-state index in [-0.39, 0.29) is 11.2 Å². The van der Waals surface area contributed by atoms with Crippen molar-refractivity contribution in [2.75, 3.05) is 0 Å². The van der Waals surface area contributed by atoms with Crippen LogP contribution in [0.15, 0.2) is 18.2 Å². The van der Waals surface area contributed by atoms with E-state index in [4.69, 9.17) is 0 Å². The van der Waals surface area contributed by atoms with Gasteiger partial charge in [0.25, 0.3) is 0 Å². The van der Waals surface area contributed by atoms with E-state index in [1.54, 1.807) is 6.07 Å². The largest absolute Gasteiger partial charge is 0.508 e. The summed E-state index contributed by atoms with van der Waals surface area (Å²) in [7, 11) is 0. The number of phenolic OH excluding ortho intramolecular Hbond substituents is 1. The number of benzene rings is 1. The maximum Gasteiger partial charge on any atom is 0.126 e. The van der Waals surface area contributed by atoms with Crippen molar-refractivity contribution in [1.29, 1.82) is 0 Å². The third-order valence-electron chi connectivity index (χ3n) is 1.77. The lowest BCUT2D eigenvalue weighted by Gasteiger charge is -2.18. The molecule has 0 radical (unpaired) electrons. The van der Waals surface area contributed by atoms with Gasteiger partial charge in [0.1, 0.15) is 11.6 Å². The first-order chi connectivity index (χ1) is 5.88. The Kier molecular flexibility index (Phi) is 2.60. The van der Waals surface area contributed by atoms with E-state index in [2.05, 4.69) is 20.8 Å². The average Bonchev–Trinajstić information content (AvgIpc) is 1.93. The molecule has 13 heavy (non-hydrogen) atoms. The van der Waals surface area contributed by atoms with Gasteiger partial charge in [0.05, 0.1) is 0 Å². The lowest BCUT2D eigenvalue weighted by Crippen LogP contribution is -2.09. The second-order valence-corrected chi connectivity index (χ2v) is 4.51. The molecule has 72 valence electrons. The monoisotopic (exact) mass is 182 g/mol. The van der Waals surface area contributed by atoms with E-state index in [0.717, 1.165) is 18.1 Å². The number of aromatic hydroxyl groups is 1. The van der Waals surface area contributed by atoms with Crippen molar-refractivity contribution >= 4 is 0 Å². The lowest BCUT2D eigenvalue weighted by atomic mass is 9.88. The van der Waals surface area contributed by atoms with Crippen molar-refractivity contribution in [3.05, 3.63) is 29.6 Å². The van der Waals surface area contributed by atoms with Crippen molar-refractivity contribution < 1.29 is 9.50 Å². The second-order valence-electron chi connectivity index (χ2n) is 4.51. The molecule has 0 fully saturated rings. The molecule has 2 heteroatoms. The summed E-state index contributed by atoms with van der Waals surface area (Å²) in [4.78, 5) is 0. The van der Waals surface area contributed by atoms with Crippen LogP contribution in [-0.2, 0) is 6.42 Å². The fourth-order valence-corrected chi connectivity index (χ4v) is 1.26. The van der Waals surface area contributed by atoms with Crippen LogP contribution >= 0.6 is 0 Å². The molecule has 0 atom stereocenters. The first-order valence-electron chi connectivity index (χ1n) is 4.36. The Bertz CT molecular complexity index is 299. The molecule has 0 heterocycles. The van der Waals surface area contributed by atoms with Gasteiger partial charge >= 0.3 is 0 Å². The molecule has 0 aliphatic carbocycles. The van der Waals surface area contributed by atoms with E-state index in [0.29, 0.717) is 0 Å². The third-order valence-corrected chi connectivity index (χ3v) is 1.77. The Morgan fingerprint density at radius 1 is 1.31 bits per heavy atom. The van der Waals surface area contributed by atoms with Gasteiger partial charge in [-0.1, -0.05) is 26.8 Å². The summed E-state index contributed by atoms with van der Waals surface area (Å²) in [6.07, 6.45) is 0.749. The third kappa shape index (κ3) is 3.05. The van der Waals surface area contributed by atoms with Crippen LogP contribution < -0.4 is 0 Å². The molecule has 1 N–H and O–H groups in total. The topological polar surface area (TPSA) is 20.2 Å². The smallest absolute Gasteiger partial charge is 0.126 e. The normalized spacial score (nSPS) is 11.7. The van der Waals surface area contributed by atoms with Crippen molar-refractivity contribution in [2.45, 2.75) is 27.2 Å². The van der Waals surface area contributed by atoms with E-state index in [9.17, 15) is 9.50 Å². The van der Waals surface area contributed by atoms with Crippen LogP contribution in [0.2, 0.25) is 0 Å². The number of hydrogen-bond acceptors (Lipinski definition) is 1. The lowest BCUT2D eigenvalue weighted by molar-refractivity contribution is 0.393. The van der Waals surface area contributed by atoms with Gasteiger partial charge in [0, 0.05) is 6.07 Å². The van der Waals surface area contributed by atoms with Gasteiger partial charge in [0.15, 0.2) is 0 Å². The van der Waals surface area contributed by atoms with E-state index in [1.807, 2.05) is 0 Å². The van der Waals surface area contributed by atoms with E-state index < -0.39 is 5.82 Å². The first-order valence-corrected chi connectivity index (χ1v) is 4.36. The van der Waals surface area contributed by atoms with Crippen LogP contribution in [0.25, 0.3) is 0 Å². The molecule has 0 saturated heterocycles. The van der Waals surface area contributed by atoms with Crippen molar-refractivity contribution in [1.82, 2.24) is 0 Å². The number of rotatable bonds is 1. The molecule has 1 aromatic rings. The van der Waals surface area contributed by atoms with Crippen molar-refractivity contribution in [2.24, 2.45) is 5.41 Å². The van der Waals surface area contributed by atoms with Gasteiger partial charge in [-0.05, 0) is 23.5 Å². The van der Waals surface area contributed by atoms with Gasteiger partial charge < -0.3 is 5.11 Å². The molecule has 0 aromatic heterocycles. The minimum Gasteiger partial charge on any atom is -0.508 e. The summed E-state index contributed by atoms with van der Waals surface area (Å²) in [5.41, 5.74) is 0.906. The van der Waals surface area contributed by atoms with Gasteiger partial charge in [-0.15, -0.1) is 0 Å². The zero-order valence-electron chi connectivity index (χ0n) is 8.26. The van der Waals surface area contributed by atoms with Crippen LogP contribution in [0.5, 0.6) is 5.75 Å². The standard InChI is InChI=1S/C11H15FO/c1-11(2,3)7-8-4-5-9(12)6-10(8)13/h4-6,13H,7H2,1-3H3. The van der Waals surface area contributed by atoms with Crippen molar-refractivity contribution in [3.8, 4) is 5.75 Å². The summed E-state index contributed by atoms with van der Waals surface area (Å²) < 4.78 is 12.6. The Balaban J connectivity index is 2.90. The quantitative estimate of drug-likeness (QED) is 0.707. The molecule has 0 saturated carbocycles. The molecule has 1 aromatic carbocycles. The Morgan fingerprint density at radius 2 is 1.92 bits per heavy atom. The van der Waals surface area contributed by atoms with Crippen LogP contribution in [0.3, 0.4) is 0 Å². The number of phenols is 1. The van der Waals surface area contributed by atoms with Gasteiger partial charge in [-0.2, -0.15) is 0 Å². The SMILES string of the molecule is CC(C)(C)Cc1ccc(F)cc1O. The van der Waals surface area contributed by atoms with Gasteiger partial charge in [-0.25, -0.2) is 4.39 Å². The Hall–Kier alpha value is -1.05. The van der Waals surface area contributed by atoms with E-state index >= 15 is 0 Å². The highest BCUT2D eigenvalue weighted by Gasteiger charge is 2.13. The molecule has 0 unspecified atom stereocenters. The van der Waals surface area contributed by atoms with Crippen LogP contribution in [-0.4, -0.2) is 5.11 Å². The summed E-state index contributed by atoms with van der Waals surface area (Å²) >= 11 is 0. The van der Waals surface area contributed by atoms with Crippen molar-refractivity contribution in [3.63, 3.8) is 0 Å². The second kappa shape index (κ2) is 3.36. The highest BCUT2D eigenvalue weighted by molar-refractivity contribution is 5.33. The van der Waals surface area contributed by atoms with Gasteiger partial charge in [-0.3, -0.25) is 0 Å². The fraction of sp³-hybridized carbons (Fsp3) is 0.455. The predicted molar refractivity (Wildman–Crippen MR) is 51.2 cm³/mol. The molecule has 1 nitrogen and oxygen atoms in total. The predicted octanol–water partition coefficient (Wildman–Crippen LogP) is 3.12. The molecule has 0 bridgehead atoms. The molecular weight excluding hydrogens is 167 g/mol. The molecule has 1 rings (SSSR count). The van der Waals surface area contributed by atoms with Crippen LogP contribution in [0, 0.1) is 11.2 Å². The Morgan fingerprint density at radius 3 is 2.38 bits per heavy atom. The summed E-state index contributed by atoms with van der Waals surface area (Å²) in [5, 5.41) is 9.41. The number of hydrogen-bond donors (Lipinski definition) is 1. The highest BCUT2D eigenvalue weighted by atomic mass is 19.1. The molecule has 0 spiro atoms. The summed E-state index contributed by atoms with van der Waals surface area (Å²) in [5.74, 6) is -0.343. The maximum atomic E-state index is 12.6. The molecule has 0 amide bonds. The average molecular weight is 182 g/mol. The van der Waals surface area contributed by atoms with Gasteiger partial charge in [0.2, 0.25) is 0 Å². The summed E-state index contributed by atoms with van der Waals surface area (Å²) in [6.45, 7) is 6.24. The molecule has 0 aliphatic heterocycles. The maximum absolute atomic E-state index is 12.6. The molecule has 0 aliphatic rings. The fourth-order valence-electron chi connectivity index (χ4n) is 1.26. The zero-order valence-corrected chi connectivity index (χ0v) is 8.26. The van der Waals surface area contributed by atoms with Crippen LogP contribution in [0.4, 0.5) is 4.39 Å². The minimum atomic E-state index is -0.393. The number of halogens is 1.